The lowest BCUT2D eigenvalue weighted by Crippen LogP contribution is -2.31. The number of nitrogens with one attached hydrogen (secondary N) is 1. The summed E-state index contributed by atoms with van der Waals surface area (Å²) < 4.78 is 7.27. The molecule has 0 saturated carbocycles. The summed E-state index contributed by atoms with van der Waals surface area (Å²) in [5.74, 6) is 0.732. The predicted octanol–water partition coefficient (Wildman–Crippen LogP) is 3.01. The Morgan fingerprint density at radius 1 is 1.15 bits per heavy atom. The summed E-state index contributed by atoms with van der Waals surface area (Å²) >= 11 is 1.21. The minimum absolute atomic E-state index is 0.115. The van der Waals surface area contributed by atoms with Gasteiger partial charge in [-0.2, -0.15) is 0 Å². The topological polar surface area (TPSA) is 93.5 Å². The van der Waals surface area contributed by atoms with Crippen molar-refractivity contribution in [3.63, 3.8) is 0 Å². The van der Waals surface area contributed by atoms with E-state index < -0.39 is 0 Å². The molecule has 1 aliphatic rings. The summed E-state index contributed by atoms with van der Waals surface area (Å²) in [4.78, 5) is 44.1. The van der Waals surface area contributed by atoms with Gasteiger partial charge in [0.15, 0.2) is 5.16 Å². The van der Waals surface area contributed by atoms with E-state index in [2.05, 4.69) is 10.3 Å². The largest absolute Gasteiger partial charge is 0.492 e. The molecule has 2 heterocycles. The normalized spacial score (nSPS) is 13.4. The van der Waals surface area contributed by atoms with Gasteiger partial charge in [-0.3, -0.25) is 19.0 Å². The third-order valence-electron chi connectivity index (χ3n) is 5.58. The molecule has 0 radical (unpaired) electrons. The molecule has 1 aliphatic heterocycles. The van der Waals surface area contributed by atoms with E-state index >= 15 is 0 Å². The van der Waals surface area contributed by atoms with Crippen molar-refractivity contribution in [2.75, 3.05) is 32.0 Å². The van der Waals surface area contributed by atoms with Crippen LogP contribution >= 0.6 is 11.8 Å². The van der Waals surface area contributed by atoms with E-state index in [1.54, 1.807) is 18.2 Å². The summed E-state index contributed by atoms with van der Waals surface area (Å²) in [6, 6.07) is 14.5. The van der Waals surface area contributed by atoms with Crippen molar-refractivity contribution in [2.45, 2.75) is 31.3 Å². The predicted molar refractivity (Wildman–Crippen MR) is 133 cm³/mol. The quantitative estimate of drug-likeness (QED) is 0.272. The molecule has 0 unspecified atom stereocenters. The van der Waals surface area contributed by atoms with Crippen LogP contribution in [0.1, 0.15) is 26.2 Å². The van der Waals surface area contributed by atoms with Crippen LogP contribution in [0.5, 0.6) is 5.75 Å². The highest BCUT2D eigenvalue weighted by Crippen LogP contribution is 2.27. The first kappa shape index (κ1) is 23.8. The number of benzene rings is 2. The van der Waals surface area contributed by atoms with Crippen molar-refractivity contribution < 1.29 is 14.3 Å². The molecular formula is C25H28N4O4S. The third kappa shape index (κ3) is 5.41. The average Bonchev–Trinajstić information content (AvgIpc) is 3.26. The van der Waals surface area contributed by atoms with Gasteiger partial charge in [-0.15, -0.1) is 0 Å². The zero-order chi connectivity index (χ0) is 23.9. The lowest BCUT2D eigenvalue weighted by molar-refractivity contribution is -0.127. The Labute approximate surface area is 202 Å². The number of para-hydroxylation sites is 3. The first-order chi connectivity index (χ1) is 16.6. The molecule has 9 heteroatoms. The molecule has 0 atom stereocenters. The van der Waals surface area contributed by atoms with E-state index in [0.717, 1.165) is 13.0 Å². The van der Waals surface area contributed by atoms with Crippen LogP contribution in [0.3, 0.4) is 0 Å². The molecular weight excluding hydrogens is 452 g/mol. The zero-order valence-electron chi connectivity index (χ0n) is 19.2. The van der Waals surface area contributed by atoms with Crippen LogP contribution in [0.2, 0.25) is 0 Å². The lowest BCUT2D eigenvalue weighted by atomic mass is 10.2. The number of hydrogen-bond donors (Lipinski definition) is 1. The van der Waals surface area contributed by atoms with Crippen LogP contribution in [0.25, 0.3) is 16.6 Å². The Hall–Kier alpha value is -3.33. The highest BCUT2D eigenvalue weighted by molar-refractivity contribution is 7.99. The van der Waals surface area contributed by atoms with Crippen LogP contribution in [0, 0.1) is 0 Å². The highest BCUT2D eigenvalue weighted by Gasteiger charge is 2.20. The fraction of sp³-hybridized carbons (Fsp3) is 0.360. The van der Waals surface area contributed by atoms with Crippen LogP contribution < -0.4 is 15.6 Å². The van der Waals surface area contributed by atoms with Crippen molar-refractivity contribution >= 4 is 34.5 Å². The number of ether oxygens (including phenoxy) is 1. The highest BCUT2D eigenvalue weighted by atomic mass is 32.2. The molecule has 1 N–H and O–H groups in total. The maximum atomic E-state index is 13.4. The maximum Gasteiger partial charge on any atom is 0.266 e. The van der Waals surface area contributed by atoms with E-state index in [4.69, 9.17) is 4.74 Å². The van der Waals surface area contributed by atoms with Gasteiger partial charge in [-0.1, -0.05) is 36.0 Å². The van der Waals surface area contributed by atoms with Gasteiger partial charge in [-0.05, 0) is 44.0 Å². The first-order valence-corrected chi connectivity index (χ1v) is 12.5. The number of fused-ring (bicyclic) bond motifs is 1. The summed E-state index contributed by atoms with van der Waals surface area (Å²) in [6.07, 6.45) is 2.24. The number of amides is 2. The Balaban J connectivity index is 1.50. The van der Waals surface area contributed by atoms with Crippen molar-refractivity contribution in [3.05, 3.63) is 58.9 Å². The summed E-state index contributed by atoms with van der Waals surface area (Å²) in [5.41, 5.74) is 0.956. The van der Waals surface area contributed by atoms with Gasteiger partial charge in [-0.25, -0.2) is 4.98 Å². The second-order valence-electron chi connectivity index (χ2n) is 7.93. The average molecular weight is 481 g/mol. The summed E-state index contributed by atoms with van der Waals surface area (Å²) in [5, 5.41) is 3.82. The van der Waals surface area contributed by atoms with Crippen molar-refractivity contribution in [3.8, 4) is 11.4 Å². The minimum Gasteiger partial charge on any atom is -0.492 e. The molecule has 1 aromatic heterocycles. The number of thioether (sulfide) groups is 1. The number of rotatable bonds is 10. The molecule has 0 bridgehead atoms. The molecule has 2 amide bonds. The zero-order valence-corrected chi connectivity index (χ0v) is 20.0. The molecule has 2 aromatic carbocycles. The number of aromatic nitrogens is 2. The molecule has 0 aliphatic carbocycles. The van der Waals surface area contributed by atoms with E-state index in [-0.39, 0.29) is 23.1 Å². The fourth-order valence-corrected chi connectivity index (χ4v) is 4.80. The Morgan fingerprint density at radius 2 is 1.94 bits per heavy atom. The third-order valence-corrected chi connectivity index (χ3v) is 6.52. The van der Waals surface area contributed by atoms with Crippen LogP contribution in [0.15, 0.2) is 58.5 Å². The van der Waals surface area contributed by atoms with Gasteiger partial charge in [0.25, 0.3) is 5.56 Å². The maximum absolute atomic E-state index is 13.4. The second-order valence-corrected chi connectivity index (χ2v) is 8.87. The number of nitrogens with zero attached hydrogens (tertiary/aromatic N) is 3. The van der Waals surface area contributed by atoms with Crippen LogP contribution in [-0.2, 0) is 9.59 Å². The van der Waals surface area contributed by atoms with E-state index in [1.165, 1.54) is 16.3 Å². The molecule has 8 nitrogen and oxygen atoms in total. The smallest absolute Gasteiger partial charge is 0.266 e. The lowest BCUT2D eigenvalue weighted by Gasteiger charge is -2.16. The van der Waals surface area contributed by atoms with Crippen molar-refractivity contribution in [1.82, 2.24) is 19.8 Å². The van der Waals surface area contributed by atoms with Crippen LogP contribution in [0.4, 0.5) is 0 Å². The minimum atomic E-state index is -0.212. The molecule has 1 saturated heterocycles. The standard InChI is InChI=1S/C25H28N4O4S/c1-2-33-21-12-6-5-11-20(21)29-24(32)18-9-3-4-10-19(18)27-25(29)34-17-22(30)26-14-8-16-28-15-7-13-23(28)31/h3-6,9-12H,2,7-8,13-17H2,1H3,(H,26,30). The molecule has 0 spiro atoms. The van der Waals surface area contributed by atoms with Gasteiger partial charge < -0.3 is 15.0 Å². The summed E-state index contributed by atoms with van der Waals surface area (Å²) in [7, 11) is 0. The number of carbonyl (C=O) groups is 2. The molecule has 1 fully saturated rings. The fourth-order valence-electron chi connectivity index (χ4n) is 3.96. The van der Waals surface area contributed by atoms with E-state index in [9.17, 15) is 14.4 Å². The SMILES string of the molecule is CCOc1ccccc1-n1c(SCC(=O)NCCCN2CCCC2=O)nc2ccccc2c1=O. The Morgan fingerprint density at radius 3 is 2.74 bits per heavy atom. The van der Waals surface area contributed by atoms with Gasteiger partial charge in [0, 0.05) is 26.1 Å². The van der Waals surface area contributed by atoms with Gasteiger partial charge in [0.1, 0.15) is 5.75 Å². The van der Waals surface area contributed by atoms with Gasteiger partial charge in [0.2, 0.25) is 11.8 Å². The molecule has 4 rings (SSSR count). The van der Waals surface area contributed by atoms with E-state index in [0.29, 0.717) is 60.0 Å². The molecule has 178 valence electrons. The van der Waals surface area contributed by atoms with Gasteiger partial charge in [0.05, 0.1) is 29.0 Å². The van der Waals surface area contributed by atoms with E-state index in [1.807, 2.05) is 42.2 Å². The number of hydrogen-bond acceptors (Lipinski definition) is 6. The second kappa shape index (κ2) is 11.2. The first-order valence-electron chi connectivity index (χ1n) is 11.5. The van der Waals surface area contributed by atoms with Gasteiger partial charge >= 0.3 is 0 Å². The van der Waals surface area contributed by atoms with Crippen molar-refractivity contribution in [1.29, 1.82) is 0 Å². The molecule has 3 aromatic rings. The Kier molecular flexibility index (Phi) is 7.84. The van der Waals surface area contributed by atoms with Crippen LogP contribution in [-0.4, -0.2) is 58.3 Å². The molecule has 34 heavy (non-hydrogen) atoms. The monoisotopic (exact) mass is 480 g/mol. The number of carbonyl (C=O) groups excluding carboxylic acids is 2. The Bertz CT molecular complexity index is 1240. The number of likely N-dealkylation sites (tertiary alicyclic amines) is 1. The summed E-state index contributed by atoms with van der Waals surface area (Å²) in [6.45, 7) is 4.30. The van der Waals surface area contributed by atoms with Crippen molar-refractivity contribution in [2.24, 2.45) is 0 Å².